The molecule has 7 heteroatoms. The van der Waals surface area contributed by atoms with E-state index in [1.165, 1.54) is 0 Å². The standard InChI is InChI=1S/C19H24N2O5/c1-12-14(19(24)25)6-5-10-20(12)17(22)9-11-21-15-7-3-4-8-16(15)26-13(2)18(21)23/h3-4,7-8,12-14H,5-6,9-11H2,1-2H3,(H,24,25)/t12-,13?,14-/m0/s1. The van der Waals surface area contributed by atoms with Crippen LogP contribution in [0.2, 0.25) is 0 Å². The summed E-state index contributed by atoms with van der Waals surface area (Å²) in [7, 11) is 0. The minimum atomic E-state index is -0.860. The average Bonchev–Trinajstić information content (AvgIpc) is 2.61. The maximum absolute atomic E-state index is 12.7. The Morgan fingerprint density at radius 1 is 1.27 bits per heavy atom. The van der Waals surface area contributed by atoms with E-state index in [9.17, 15) is 19.5 Å². The van der Waals surface area contributed by atoms with Gasteiger partial charge in [-0.05, 0) is 38.8 Å². The molecular weight excluding hydrogens is 336 g/mol. The molecule has 0 spiro atoms. The molecule has 3 atom stereocenters. The number of carbonyl (C=O) groups excluding carboxylic acids is 2. The highest BCUT2D eigenvalue weighted by molar-refractivity contribution is 6.00. The SMILES string of the molecule is CC1Oc2ccccc2N(CCC(=O)N2CCC[C@H](C(=O)O)[C@@H]2C)C1=O. The molecule has 1 N–H and O–H groups in total. The molecule has 2 heterocycles. The Hall–Kier alpha value is -2.57. The Labute approximate surface area is 152 Å². The van der Waals surface area contributed by atoms with Gasteiger partial charge in [0.15, 0.2) is 6.10 Å². The summed E-state index contributed by atoms with van der Waals surface area (Å²) in [5, 5.41) is 9.31. The van der Waals surface area contributed by atoms with Crippen molar-refractivity contribution in [3.8, 4) is 5.75 Å². The molecule has 0 bridgehead atoms. The van der Waals surface area contributed by atoms with Gasteiger partial charge in [0.2, 0.25) is 5.91 Å². The fourth-order valence-electron chi connectivity index (χ4n) is 3.77. The summed E-state index contributed by atoms with van der Waals surface area (Å²) >= 11 is 0. The summed E-state index contributed by atoms with van der Waals surface area (Å²) in [6.07, 6.45) is 0.838. The van der Waals surface area contributed by atoms with Crippen molar-refractivity contribution in [2.75, 3.05) is 18.0 Å². The summed E-state index contributed by atoms with van der Waals surface area (Å²) in [4.78, 5) is 39.7. The number of hydrogen-bond acceptors (Lipinski definition) is 4. The molecular formula is C19H24N2O5. The highest BCUT2D eigenvalue weighted by Crippen LogP contribution is 2.34. The number of carboxylic acids is 1. The third kappa shape index (κ3) is 3.38. The number of ether oxygens (including phenoxy) is 1. The van der Waals surface area contributed by atoms with Crippen LogP contribution in [-0.2, 0) is 14.4 Å². The van der Waals surface area contributed by atoms with Gasteiger partial charge in [0.25, 0.3) is 5.91 Å². The number of piperidine rings is 1. The first-order valence-electron chi connectivity index (χ1n) is 8.99. The number of para-hydroxylation sites is 2. The number of rotatable bonds is 4. The normalized spacial score (nSPS) is 25.5. The van der Waals surface area contributed by atoms with Gasteiger partial charge in [-0.1, -0.05) is 12.1 Å². The first-order chi connectivity index (χ1) is 12.4. The van der Waals surface area contributed by atoms with E-state index in [1.54, 1.807) is 35.8 Å². The molecule has 0 radical (unpaired) electrons. The summed E-state index contributed by atoms with van der Waals surface area (Å²) < 4.78 is 5.60. The topological polar surface area (TPSA) is 87.2 Å². The Bertz CT molecular complexity index is 720. The van der Waals surface area contributed by atoms with Crippen LogP contribution in [0.3, 0.4) is 0 Å². The number of fused-ring (bicyclic) bond motifs is 1. The lowest BCUT2D eigenvalue weighted by atomic mass is 9.90. The highest BCUT2D eigenvalue weighted by Gasteiger charge is 2.36. The van der Waals surface area contributed by atoms with Crippen molar-refractivity contribution in [3.63, 3.8) is 0 Å². The van der Waals surface area contributed by atoms with Crippen LogP contribution in [0.1, 0.15) is 33.1 Å². The molecule has 1 fully saturated rings. The zero-order valence-corrected chi connectivity index (χ0v) is 15.1. The van der Waals surface area contributed by atoms with Crippen molar-refractivity contribution in [2.24, 2.45) is 5.92 Å². The molecule has 0 saturated carbocycles. The third-order valence-corrected chi connectivity index (χ3v) is 5.25. The molecule has 2 amide bonds. The van der Waals surface area contributed by atoms with Crippen molar-refractivity contribution in [2.45, 2.75) is 45.3 Å². The van der Waals surface area contributed by atoms with E-state index in [-0.39, 0.29) is 30.8 Å². The van der Waals surface area contributed by atoms with E-state index in [0.29, 0.717) is 30.8 Å². The molecule has 1 saturated heterocycles. The predicted octanol–water partition coefficient (Wildman–Crippen LogP) is 1.90. The van der Waals surface area contributed by atoms with Gasteiger partial charge in [-0.2, -0.15) is 0 Å². The summed E-state index contributed by atoms with van der Waals surface area (Å²) in [5.74, 6) is -1.05. The molecule has 3 rings (SSSR count). The van der Waals surface area contributed by atoms with Crippen LogP contribution >= 0.6 is 0 Å². The zero-order valence-electron chi connectivity index (χ0n) is 15.1. The Kier molecular flexibility index (Phi) is 5.15. The van der Waals surface area contributed by atoms with Crippen molar-refractivity contribution in [1.82, 2.24) is 4.90 Å². The smallest absolute Gasteiger partial charge is 0.308 e. The number of anilines is 1. The molecule has 1 aromatic rings. The lowest BCUT2D eigenvalue weighted by molar-refractivity contribution is -0.149. The molecule has 0 aromatic heterocycles. The average molecular weight is 360 g/mol. The number of likely N-dealkylation sites (tertiary alicyclic amines) is 1. The summed E-state index contributed by atoms with van der Waals surface area (Å²) in [6.45, 7) is 4.29. The van der Waals surface area contributed by atoms with E-state index >= 15 is 0 Å². The quantitative estimate of drug-likeness (QED) is 0.886. The van der Waals surface area contributed by atoms with E-state index in [4.69, 9.17) is 4.74 Å². The van der Waals surface area contributed by atoms with E-state index in [2.05, 4.69) is 0 Å². The van der Waals surface area contributed by atoms with Crippen LogP contribution in [0, 0.1) is 5.92 Å². The van der Waals surface area contributed by atoms with E-state index in [1.807, 2.05) is 12.1 Å². The Morgan fingerprint density at radius 3 is 2.73 bits per heavy atom. The minimum Gasteiger partial charge on any atom is -0.481 e. The number of nitrogens with zero attached hydrogens (tertiary/aromatic N) is 2. The minimum absolute atomic E-state index is 0.118. The van der Waals surface area contributed by atoms with Gasteiger partial charge in [0, 0.05) is 25.6 Å². The van der Waals surface area contributed by atoms with Crippen molar-refractivity contribution in [3.05, 3.63) is 24.3 Å². The number of amides is 2. The van der Waals surface area contributed by atoms with Crippen LogP contribution in [0.25, 0.3) is 0 Å². The zero-order chi connectivity index (χ0) is 18.8. The van der Waals surface area contributed by atoms with Gasteiger partial charge in [-0.15, -0.1) is 0 Å². The molecule has 7 nitrogen and oxygen atoms in total. The number of carboxylic acid groups (broad SMARTS) is 1. The van der Waals surface area contributed by atoms with Gasteiger partial charge < -0.3 is 19.6 Å². The molecule has 140 valence electrons. The summed E-state index contributed by atoms with van der Waals surface area (Å²) in [5.41, 5.74) is 0.665. The second kappa shape index (κ2) is 7.35. The largest absolute Gasteiger partial charge is 0.481 e. The van der Waals surface area contributed by atoms with E-state index in [0.717, 1.165) is 0 Å². The molecule has 26 heavy (non-hydrogen) atoms. The van der Waals surface area contributed by atoms with Crippen LogP contribution in [0.15, 0.2) is 24.3 Å². The first kappa shape index (κ1) is 18.2. The fraction of sp³-hybridized carbons (Fsp3) is 0.526. The monoisotopic (exact) mass is 360 g/mol. The van der Waals surface area contributed by atoms with Crippen LogP contribution in [0.5, 0.6) is 5.75 Å². The summed E-state index contributed by atoms with van der Waals surface area (Å²) in [6, 6.07) is 6.93. The van der Waals surface area contributed by atoms with Crippen molar-refractivity contribution in [1.29, 1.82) is 0 Å². The predicted molar refractivity (Wildman–Crippen MR) is 95.0 cm³/mol. The molecule has 1 unspecified atom stereocenters. The van der Waals surface area contributed by atoms with Crippen molar-refractivity contribution < 1.29 is 24.2 Å². The lowest BCUT2D eigenvalue weighted by Gasteiger charge is -2.38. The number of hydrogen-bond donors (Lipinski definition) is 1. The Balaban J connectivity index is 1.69. The Morgan fingerprint density at radius 2 is 2.00 bits per heavy atom. The van der Waals surface area contributed by atoms with Gasteiger partial charge in [-0.3, -0.25) is 14.4 Å². The number of benzene rings is 1. The second-order valence-electron chi connectivity index (χ2n) is 6.88. The van der Waals surface area contributed by atoms with Crippen LogP contribution in [0.4, 0.5) is 5.69 Å². The highest BCUT2D eigenvalue weighted by atomic mass is 16.5. The second-order valence-corrected chi connectivity index (χ2v) is 6.88. The molecule has 2 aliphatic heterocycles. The first-order valence-corrected chi connectivity index (χ1v) is 8.99. The molecule has 2 aliphatic rings. The van der Waals surface area contributed by atoms with Gasteiger partial charge >= 0.3 is 5.97 Å². The van der Waals surface area contributed by atoms with Crippen LogP contribution in [-0.4, -0.2) is 53.0 Å². The van der Waals surface area contributed by atoms with Crippen molar-refractivity contribution >= 4 is 23.5 Å². The molecule has 0 aliphatic carbocycles. The maximum Gasteiger partial charge on any atom is 0.308 e. The number of carbonyl (C=O) groups is 3. The fourth-order valence-corrected chi connectivity index (χ4v) is 3.77. The number of aliphatic carboxylic acids is 1. The maximum atomic E-state index is 12.7. The van der Waals surface area contributed by atoms with Gasteiger partial charge in [0.05, 0.1) is 11.6 Å². The third-order valence-electron chi connectivity index (χ3n) is 5.25. The van der Waals surface area contributed by atoms with E-state index < -0.39 is 18.0 Å². The van der Waals surface area contributed by atoms with Gasteiger partial charge in [-0.25, -0.2) is 0 Å². The molecule has 1 aromatic carbocycles. The lowest BCUT2D eigenvalue weighted by Crippen LogP contribution is -2.50. The van der Waals surface area contributed by atoms with Gasteiger partial charge in [0.1, 0.15) is 5.75 Å². The van der Waals surface area contributed by atoms with Crippen LogP contribution < -0.4 is 9.64 Å².